The third-order valence-electron chi connectivity index (χ3n) is 5.92. The van der Waals surface area contributed by atoms with E-state index in [1.165, 1.54) is 12.1 Å². The summed E-state index contributed by atoms with van der Waals surface area (Å²) in [5.74, 6) is 0.696. The molecule has 5 heterocycles. The molecular weight excluding hydrogens is 461 g/mol. The van der Waals surface area contributed by atoms with Crippen molar-refractivity contribution in [1.82, 2.24) is 19.6 Å². The number of anilines is 1. The van der Waals surface area contributed by atoms with Gasteiger partial charge in [-0.15, -0.1) is 4.59 Å². The van der Waals surface area contributed by atoms with Gasteiger partial charge in [0.05, 0.1) is 6.20 Å². The van der Waals surface area contributed by atoms with E-state index in [1.807, 2.05) is 13.1 Å². The number of quaternary nitrogens is 1. The quantitative estimate of drug-likeness (QED) is 0.435. The maximum Gasteiger partial charge on any atom is 0.260 e. The van der Waals surface area contributed by atoms with Gasteiger partial charge in [0.15, 0.2) is 23.0 Å². The summed E-state index contributed by atoms with van der Waals surface area (Å²) >= 11 is 0. The zero-order valence-electron chi connectivity index (χ0n) is 19.0. The van der Waals surface area contributed by atoms with E-state index in [0.717, 1.165) is 0 Å². The molecule has 0 saturated heterocycles. The van der Waals surface area contributed by atoms with Crippen molar-refractivity contribution in [3.05, 3.63) is 102 Å². The number of amides is 1. The predicted molar refractivity (Wildman–Crippen MR) is 133 cm³/mol. The first kappa shape index (κ1) is 21.5. The highest BCUT2D eigenvalue weighted by atomic mass is 19.1. The summed E-state index contributed by atoms with van der Waals surface area (Å²) < 4.78 is 15.2. The summed E-state index contributed by atoms with van der Waals surface area (Å²) in [4.78, 5) is 25.7. The largest absolute Gasteiger partial charge is 0.379 e. The molecule has 10 nitrogen and oxygen atoms in total. The zero-order valence-corrected chi connectivity index (χ0v) is 19.0. The molecule has 1 atom stereocenters. The monoisotopic (exact) mass is 480 g/mol. The van der Waals surface area contributed by atoms with Crippen LogP contribution < -0.4 is 11.1 Å². The molecule has 0 fully saturated rings. The number of halogens is 1. The normalized spacial score (nSPS) is 18.7. The summed E-state index contributed by atoms with van der Waals surface area (Å²) in [5.41, 5.74) is 9.61. The molecule has 3 N–H and O–H groups in total. The Hall–Kier alpha value is -5.03. The molecule has 0 bridgehead atoms. The lowest BCUT2D eigenvalue weighted by Gasteiger charge is -2.26. The number of hydrogen-bond acceptors (Lipinski definition) is 7. The molecule has 1 aromatic carbocycles. The Morgan fingerprint density at radius 1 is 1.06 bits per heavy atom. The number of aromatic nitrogens is 4. The highest BCUT2D eigenvalue weighted by Crippen LogP contribution is 2.41. The number of nitrogens with one attached hydrogen (secondary N) is 1. The van der Waals surface area contributed by atoms with Crippen molar-refractivity contribution in [2.24, 2.45) is 15.8 Å². The van der Waals surface area contributed by atoms with Gasteiger partial charge in [-0.25, -0.2) is 13.9 Å². The third kappa shape index (κ3) is 3.54. The number of carbonyl (C=O) groups is 1. The maximum absolute atomic E-state index is 13.6. The minimum atomic E-state index is -0.342. The molecule has 1 amide bonds. The SMILES string of the molecule is C[N+]12N=C(N)C=CC1=NC(c1ccc(F)cc1)=C2c1ccc2nc(NC(=O)c3ccncc3)cn2n1. The number of pyridine rings is 1. The van der Waals surface area contributed by atoms with Gasteiger partial charge in [0, 0.05) is 29.6 Å². The van der Waals surface area contributed by atoms with E-state index in [4.69, 9.17) is 15.8 Å². The lowest BCUT2D eigenvalue weighted by atomic mass is 10.1. The Labute approximate surface area is 204 Å². The summed E-state index contributed by atoms with van der Waals surface area (Å²) in [6, 6.07) is 12.9. The maximum atomic E-state index is 13.6. The molecule has 1 unspecified atom stereocenters. The first-order valence-corrected chi connectivity index (χ1v) is 11.0. The number of imidazole rings is 1. The van der Waals surface area contributed by atoms with E-state index >= 15 is 0 Å². The van der Waals surface area contributed by atoms with Crippen molar-refractivity contribution in [3.63, 3.8) is 0 Å². The average Bonchev–Trinajstić information content (AvgIpc) is 3.41. The number of amidine groups is 2. The second-order valence-electron chi connectivity index (χ2n) is 8.33. The van der Waals surface area contributed by atoms with E-state index in [1.54, 1.807) is 65.6 Å². The number of nitrogens with zero attached hydrogens (tertiary/aromatic N) is 7. The molecule has 11 heteroatoms. The Kier molecular flexibility index (Phi) is 4.80. The molecule has 0 saturated carbocycles. The van der Waals surface area contributed by atoms with Crippen molar-refractivity contribution in [2.45, 2.75) is 0 Å². The van der Waals surface area contributed by atoms with Gasteiger partial charge in [-0.05, 0) is 54.6 Å². The Balaban J connectivity index is 1.44. The second-order valence-corrected chi connectivity index (χ2v) is 8.33. The number of aliphatic imine (C=N–C) groups is 1. The summed E-state index contributed by atoms with van der Waals surface area (Å²) in [6.07, 6.45) is 8.22. The zero-order chi connectivity index (χ0) is 24.9. The fourth-order valence-corrected chi connectivity index (χ4v) is 4.21. The molecule has 3 aromatic heterocycles. The lowest BCUT2D eigenvalue weighted by Crippen LogP contribution is -2.43. The van der Waals surface area contributed by atoms with E-state index in [-0.39, 0.29) is 16.3 Å². The Morgan fingerprint density at radius 2 is 1.83 bits per heavy atom. The molecule has 4 aromatic rings. The summed E-state index contributed by atoms with van der Waals surface area (Å²) in [6.45, 7) is 0. The van der Waals surface area contributed by atoms with Crippen LogP contribution in [-0.2, 0) is 0 Å². The molecule has 2 aliphatic heterocycles. The van der Waals surface area contributed by atoms with Crippen LogP contribution in [0.1, 0.15) is 21.6 Å². The second kappa shape index (κ2) is 8.03. The average molecular weight is 480 g/mol. The van der Waals surface area contributed by atoms with E-state index < -0.39 is 0 Å². The van der Waals surface area contributed by atoms with Gasteiger partial charge in [0.2, 0.25) is 5.70 Å². The van der Waals surface area contributed by atoms with Crippen LogP contribution in [0.4, 0.5) is 10.2 Å². The minimum absolute atomic E-state index is 0.0477. The molecule has 0 radical (unpaired) electrons. The van der Waals surface area contributed by atoms with Gasteiger partial charge in [0.1, 0.15) is 18.6 Å². The van der Waals surface area contributed by atoms with Gasteiger partial charge >= 0.3 is 0 Å². The topological polar surface area (TPSA) is 123 Å². The summed E-state index contributed by atoms with van der Waals surface area (Å²) in [5, 5.41) is 12.2. The molecule has 176 valence electrons. The number of fused-ring (bicyclic) bond motifs is 2. The van der Waals surface area contributed by atoms with Crippen LogP contribution in [0, 0.1) is 5.82 Å². The Morgan fingerprint density at radius 3 is 2.61 bits per heavy atom. The third-order valence-corrected chi connectivity index (χ3v) is 5.92. The highest BCUT2D eigenvalue weighted by molar-refractivity contribution is 6.09. The lowest BCUT2D eigenvalue weighted by molar-refractivity contribution is -0.748. The smallest absolute Gasteiger partial charge is 0.260 e. The molecule has 0 aliphatic carbocycles. The number of carbonyl (C=O) groups excluding carboxylic acids is 1. The van der Waals surface area contributed by atoms with Crippen molar-refractivity contribution in [3.8, 4) is 0 Å². The number of nitrogens with two attached hydrogens (primary N) is 1. The first-order chi connectivity index (χ1) is 17.4. The van der Waals surface area contributed by atoms with Crippen molar-refractivity contribution < 1.29 is 13.8 Å². The fraction of sp³-hybridized carbons (Fsp3) is 0.0400. The van der Waals surface area contributed by atoms with Crippen molar-refractivity contribution >= 4 is 40.4 Å². The van der Waals surface area contributed by atoms with Gasteiger partial charge < -0.3 is 11.1 Å². The molecule has 2 aliphatic rings. The highest BCUT2D eigenvalue weighted by Gasteiger charge is 2.46. The van der Waals surface area contributed by atoms with Gasteiger partial charge in [-0.2, -0.15) is 10.1 Å². The molecule has 36 heavy (non-hydrogen) atoms. The Bertz CT molecular complexity index is 1650. The van der Waals surface area contributed by atoms with Gasteiger partial charge in [-0.1, -0.05) is 5.10 Å². The van der Waals surface area contributed by atoms with Crippen LogP contribution in [-0.4, -0.2) is 48.8 Å². The minimum Gasteiger partial charge on any atom is -0.379 e. The van der Waals surface area contributed by atoms with Crippen LogP contribution in [0.3, 0.4) is 0 Å². The number of likely N-dealkylation sites (N-methyl/N-ethyl adjacent to an activating group) is 1. The van der Waals surface area contributed by atoms with Crippen molar-refractivity contribution in [2.75, 3.05) is 12.4 Å². The predicted octanol–water partition coefficient (Wildman–Crippen LogP) is 3.04. The van der Waals surface area contributed by atoms with Gasteiger partial charge in [0.25, 0.3) is 11.7 Å². The van der Waals surface area contributed by atoms with Crippen LogP contribution in [0.15, 0.2) is 89.4 Å². The molecular formula is C25H19FN9O+. The van der Waals surface area contributed by atoms with Crippen LogP contribution in [0.5, 0.6) is 0 Å². The van der Waals surface area contributed by atoms with Gasteiger partial charge in [-0.3, -0.25) is 9.78 Å². The van der Waals surface area contributed by atoms with Crippen LogP contribution in [0.2, 0.25) is 0 Å². The van der Waals surface area contributed by atoms with Crippen LogP contribution >= 0.6 is 0 Å². The van der Waals surface area contributed by atoms with E-state index in [0.29, 0.717) is 51.4 Å². The number of rotatable bonds is 4. The molecule has 0 spiro atoms. The van der Waals surface area contributed by atoms with Crippen molar-refractivity contribution in [1.29, 1.82) is 0 Å². The van der Waals surface area contributed by atoms with E-state index in [9.17, 15) is 9.18 Å². The summed E-state index contributed by atoms with van der Waals surface area (Å²) in [7, 11) is 1.86. The number of benzene rings is 1. The molecule has 6 rings (SSSR count). The number of hydrogen-bond donors (Lipinski definition) is 2. The van der Waals surface area contributed by atoms with Crippen LogP contribution in [0.25, 0.3) is 17.0 Å². The van der Waals surface area contributed by atoms with E-state index in [2.05, 4.69) is 20.4 Å². The first-order valence-electron chi connectivity index (χ1n) is 11.0. The standard InChI is InChI=1S/C25H18FN9O/c1-35-22(9-7-19(27)33-35)31-23(15-2-4-17(26)5-3-15)24(35)18-6-8-21-29-20(14-34(21)32-18)30-25(36)16-10-12-28-13-11-16/h2-14H,1H3,(H2-,27,30,33,36)/p+1. The fourth-order valence-electron chi connectivity index (χ4n) is 4.21.